The number of benzene rings is 2. The number of likely N-dealkylation sites (N-methyl/N-ethyl adjacent to an activating group) is 1. The summed E-state index contributed by atoms with van der Waals surface area (Å²) in [5.74, 6) is 1.80. The number of rotatable bonds is 9. The van der Waals surface area contributed by atoms with Gasteiger partial charge in [0.25, 0.3) is 11.8 Å². The Labute approximate surface area is 169 Å². The average Bonchev–Trinajstić information content (AvgIpc) is 3.19. The molecule has 2 aromatic carbocycles. The zero-order valence-corrected chi connectivity index (χ0v) is 16.6. The summed E-state index contributed by atoms with van der Waals surface area (Å²) in [5.41, 5.74) is 1.59. The molecule has 3 N–H and O–H groups in total. The minimum absolute atomic E-state index is 0.117. The molecule has 0 bridgehead atoms. The number of carbonyl (C=O) groups is 2. The van der Waals surface area contributed by atoms with Gasteiger partial charge >= 0.3 is 0 Å². The minimum Gasteiger partial charge on any atom is -0.497 e. The quantitative estimate of drug-likeness (QED) is 0.573. The number of amides is 2. The molecule has 0 aliphatic carbocycles. The number of nitrogens with one attached hydrogen (secondary N) is 3. The van der Waals surface area contributed by atoms with Crippen molar-refractivity contribution in [1.82, 2.24) is 5.32 Å². The summed E-state index contributed by atoms with van der Waals surface area (Å²) < 4.78 is 15.8. The molecule has 1 aliphatic rings. The highest BCUT2D eigenvalue weighted by Gasteiger charge is 2.18. The first-order valence-electron chi connectivity index (χ1n) is 9.50. The normalized spacial score (nSPS) is 12.9. The van der Waals surface area contributed by atoms with Crippen molar-refractivity contribution < 1.29 is 28.7 Å². The third-order valence-electron chi connectivity index (χ3n) is 4.60. The smallest absolute Gasteiger partial charge is 0.279 e. The van der Waals surface area contributed by atoms with Crippen molar-refractivity contribution in [2.75, 3.05) is 38.9 Å². The number of hydrogen-bond donors (Lipinski definition) is 3. The van der Waals surface area contributed by atoms with E-state index in [1.807, 2.05) is 37.3 Å². The molecule has 1 aliphatic heterocycles. The van der Waals surface area contributed by atoms with E-state index in [4.69, 9.17) is 14.2 Å². The zero-order valence-electron chi connectivity index (χ0n) is 16.6. The van der Waals surface area contributed by atoms with Gasteiger partial charge in [-0.25, -0.2) is 0 Å². The monoisotopic (exact) mass is 400 g/mol. The molecular weight excluding hydrogens is 374 g/mol. The molecule has 0 saturated carbocycles. The summed E-state index contributed by atoms with van der Waals surface area (Å²) in [6.45, 7) is 3.63. The number of anilines is 1. The molecular formula is C21H26N3O5+. The molecule has 2 amide bonds. The van der Waals surface area contributed by atoms with Crippen molar-refractivity contribution in [3.8, 4) is 17.2 Å². The van der Waals surface area contributed by atoms with Crippen molar-refractivity contribution in [3.05, 3.63) is 48.0 Å². The number of quaternary nitrogens is 1. The second-order valence-corrected chi connectivity index (χ2v) is 6.70. The van der Waals surface area contributed by atoms with Gasteiger partial charge < -0.3 is 29.7 Å². The first-order chi connectivity index (χ1) is 14.1. The zero-order chi connectivity index (χ0) is 20.6. The van der Waals surface area contributed by atoms with E-state index in [1.54, 1.807) is 19.2 Å². The Morgan fingerprint density at radius 1 is 1.07 bits per heavy atom. The topological polar surface area (TPSA) is 90.3 Å². The van der Waals surface area contributed by atoms with Crippen LogP contribution in [-0.2, 0) is 16.1 Å². The van der Waals surface area contributed by atoms with Crippen LogP contribution in [0.4, 0.5) is 5.69 Å². The van der Waals surface area contributed by atoms with Gasteiger partial charge in [-0.05, 0) is 36.8 Å². The van der Waals surface area contributed by atoms with E-state index in [0.717, 1.165) is 10.5 Å². The number of fused-ring (bicyclic) bond motifs is 1. The van der Waals surface area contributed by atoms with Crippen molar-refractivity contribution >= 4 is 17.5 Å². The van der Waals surface area contributed by atoms with Gasteiger partial charge in [0.1, 0.15) is 5.75 Å². The SMILES string of the molecule is CC[NH+](CC(=O)NCc1ccc2c(c1)OCO2)CC(=O)Nc1cccc(OC)c1. The molecule has 0 fully saturated rings. The first-order valence-corrected chi connectivity index (χ1v) is 9.50. The van der Waals surface area contributed by atoms with Gasteiger partial charge in [0.15, 0.2) is 24.6 Å². The standard InChI is InChI=1S/C21H25N3O5/c1-3-24(13-21(26)23-16-5-4-6-17(10-16)27-2)12-20(25)22-11-15-7-8-18-19(9-15)29-14-28-18/h4-10H,3,11-14H2,1-2H3,(H,22,25)(H,23,26)/p+1. The number of carbonyl (C=O) groups excluding carboxylic acids is 2. The van der Waals surface area contributed by atoms with Crippen molar-refractivity contribution in [3.63, 3.8) is 0 Å². The highest BCUT2D eigenvalue weighted by atomic mass is 16.7. The Hall–Kier alpha value is -3.26. The molecule has 1 atom stereocenters. The lowest BCUT2D eigenvalue weighted by Crippen LogP contribution is -3.13. The lowest BCUT2D eigenvalue weighted by atomic mass is 10.2. The molecule has 8 nitrogen and oxygen atoms in total. The van der Waals surface area contributed by atoms with E-state index in [2.05, 4.69) is 10.6 Å². The molecule has 8 heteroatoms. The van der Waals surface area contributed by atoms with Gasteiger partial charge in [0.05, 0.1) is 13.7 Å². The highest BCUT2D eigenvalue weighted by Crippen LogP contribution is 2.32. The Morgan fingerprint density at radius 3 is 2.66 bits per heavy atom. The van der Waals surface area contributed by atoms with Crippen LogP contribution in [0, 0.1) is 0 Å². The molecule has 3 rings (SSSR count). The summed E-state index contributed by atoms with van der Waals surface area (Å²) in [6.07, 6.45) is 0. The molecule has 154 valence electrons. The van der Waals surface area contributed by atoms with Crippen LogP contribution < -0.4 is 29.7 Å². The van der Waals surface area contributed by atoms with Gasteiger partial charge in [0, 0.05) is 18.3 Å². The van der Waals surface area contributed by atoms with Crippen LogP contribution in [0.15, 0.2) is 42.5 Å². The van der Waals surface area contributed by atoms with E-state index in [9.17, 15) is 9.59 Å². The molecule has 0 spiro atoms. The maximum Gasteiger partial charge on any atom is 0.279 e. The highest BCUT2D eigenvalue weighted by molar-refractivity contribution is 5.91. The van der Waals surface area contributed by atoms with Crippen LogP contribution >= 0.6 is 0 Å². The summed E-state index contributed by atoms with van der Waals surface area (Å²) in [7, 11) is 1.58. The summed E-state index contributed by atoms with van der Waals surface area (Å²) in [4.78, 5) is 25.5. The number of methoxy groups -OCH3 is 1. The second kappa shape index (κ2) is 9.79. The van der Waals surface area contributed by atoms with E-state index in [1.165, 1.54) is 0 Å². The maximum absolute atomic E-state index is 12.3. The fourth-order valence-electron chi connectivity index (χ4n) is 2.99. The van der Waals surface area contributed by atoms with Crippen molar-refractivity contribution in [2.45, 2.75) is 13.5 Å². The Bertz CT molecular complexity index is 871. The third kappa shape index (κ3) is 5.86. The summed E-state index contributed by atoms with van der Waals surface area (Å²) in [5, 5.41) is 5.73. The lowest BCUT2D eigenvalue weighted by Gasteiger charge is -2.17. The summed E-state index contributed by atoms with van der Waals surface area (Å²) >= 11 is 0. The molecule has 0 saturated heterocycles. The Balaban J connectivity index is 1.45. The molecule has 2 aromatic rings. The predicted octanol–water partition coefficient (Wildman–Crippen LogP) is 0.584. The van der Waals surface area contributed by atoms with Crippen molar-refractivity contribution in [2.24, 2.45) is 0 Å². The van der Waals surface area contributed by atoms with Crippen LogP contribution in [-0.4, -0.2) is 45.4 Å². The van der Waals surface area contributed by atoms with E-state index in [-0.39, 0.29) is 31.7 Å². The molecule has 1 heterocycles. The van der Waals surface area contributed by atoms with Crippen LogP contribution in [0.5, 0.6) is 17.2 Å². The second-order valence-electron chi connectivity index (χ2n) is 6.70. The number of hydrogen-bond acceptors (Lipinski definition) is 5. The fourth-order valence-corrected chi connectivity index (χ4v) is 2.99. The maximum atomic E-state index is 12.3. The third-order valence-corrected chi connectivity index (χ3v) is 4.60. The van der Waals surface area contributed by atoms with Crippen molar-refractivity contribution in [1.29, 1.82) is 0 Å². The van der Waals surface area contributed by atoms with Gasteiger partial charge in [-0.15, -0.1) is 0 Å². The first kappa shape index (κ1) is 20.5. The van der Waals surface area contributed by atoms with E-state index < -0.39 is 0 Å². The van der Waals surface area contributed by atoms with Crippen LogP contribution in [0.3, 0.4) is 0 Å². The van der Waals surface area contributed by atoms with Crippen LogP contribution in [0.25, 0.3) is 0 Å². The molecule has 0 aromatic heterocycles. The fraction of sp³-hybridized carbons (Fsp3) is 0.333. The number of ether oxygens (including phenoxy) is 3. The summed E-state index contributed by atoms with van der Waals surface area (Å²) in [6, 6.07) is 12.7. The van der Waals surface area contributed by atoms with Gasteiger partial charge in [0.2, 0.25) is 6.79 Å². The molecule has 1 unspecified atom stereocenters. The van der Waals surface area contributed by atoms with Gasteiger partial charge in [-0.1, -0.05) is 12.1 Å². The molecule has 0 radical (unpaired) electrons. The van der Waals surface area contributed by atoms with Gasteiger partial charge in [-0.2, -0.15) is 0 Å². The van der Waals surface area contributed by atoms with Crippen LogP contribution in [0.1, 0.15) is 12.5 Å². The Morgan fingerprint density at radius 2 is 1.86 bits per heavy atom. The van der Waals surface area contributed by atoms with Crippen LogP contribution in [0.2, 0.25) is 0 Å². The average molecular weight is 400 g/mol. The lowest BCUT2D eigenvalue weighted by molar-refractivity contribution is -0.881. The largest absolute Gasteiger partial charge is 0.497 e. The van der Waals surface area contributed by atoms with E-state index >= 15 is 0 Å². The minimum atomic E-state index is -0.154. The van der Waals surface area contributed by atoms with Gasteiger partial charge in [-0.3, -0.25) is 9.59 Å². The predicted molar refractivity (Wildman–Crippen MR) is 107 cm³/mol. The molecule has 29 heavy (non-hydrogen) atoms. The Kier molecular flexibility index (Phi) is 6.91. The van der Waals surface area contributed by atoms with E-state index in [0.29, 0.717) is 36.0 Å².